The molecular formula is C9H7BrN2O2. The zero-order chi connectivity index (χ0) is 10.1. The van der Waals surface area contributed by atoms with Crippen LogP contribution in [0.25, 0.3) is 0 Å². The van der Waals surface area contributed by atoms with E-state index in [1.54, 1.807) is 6.20 Å². The van der Waals surface area contributed by atoms with Crippen LogP contribution in [0.2, 0.25) is 0 Å². The summed E-state index contributed by atoms with van der Waals surface area (Å²) in [6.45, 7) is 1.22. The molecule has 1 aliphatic rings. The molecule has 1 aromatic rings. The molecule has 0 aromatic carbocycles. The molecule has 0 N–H and O–H groups in total. The molecule has 0 saturated carbocycles. The van der Waals surface area contributed by atoms with Crippen molar-refractivity contribution in [2.24, 2.45) is 0 Å². The van der Waals surface area contributed by atoms with Gasteiger partial charge in [-0.05, 0) is 22.0 Å². The van der Waals surface area contributed by atoms with Gasteiger partial charge in [0.2, 0.25) is 0 Å². The first-order chi connectivity index (χ1) is 6.70. The van der Waals surface area contributed by atoms with Crippen molar-refractivity contribution in [3.05, 3.63) is 32.7 Å². The van der Waals surface area contributed by atoms with Gasteiger partial charge < -0.3 is 9.30 Å². The fourth-order valence-corrected chi connectivity index (χ4v) is 1.68. The number of nitriles is 1. The standard InChI is InChI=1S/C9H7BrN2O2/c10-7-1-6(2-11)9(13)12(3-7)4-8-5-14-8/h1,3,8H,4-5H2/t8-/m0/s1. The fraction of sp³-hybridized carbons (Fsp3) is 0.333. The topological polar surface area (TPSA) is 58.3 Å². The third kappa shape index (κ3) is 1.86. The van der Waals surface area contributed by atoms with E-state index < -0.39 is 0 Å². The Morgan fingerprint density at radius 3 is 3.07 bits per heavy atom. The number of ether oxygens (including phenoxy) is 1. The first kappa shape index (κ1) is 9.44. The monoisotopic (exact) mass is 254 g/mol. The third-order valence-electron chi connectivity index (χ3n) is 1.98. The van der Waals surface area contributed by atoms with Crippen LogP contribution in [0.3, 0.4) is 0 Å². The number of nitrogens with zero attached hydrogens (tertiary/aromatic N) is 2. The van der Waals surface area contributed by atoms with Crippen LogP contribution in [0.1, 0.15) is 5.56 Å². The molecule has 0 amide bonds. The lowest BCUT2D eigenvalue weighted by Crippen LogP contribution is -2.24. The number of hydrogen-bond acceptors (Lipinski definition) is 3. The van der Waals surface area contributed by atoms with E-state index in [1.165, 1.54) is 10.6 Å². The average Bonchev–Trinajstić information content (AvgIpc) is 2.94. The predicted molar refractivity (Wildman–Crippen MR) is 52.9 cm³/mol. The van der Waals surface area contributed by atoms with Crippen LogP contribution >= 0.6 is 15.9 Å². The Morgan fingerprint density at radius 2 is 2.50 bits per heavy atom. The molecule has 5 heteroatoms. The van der Waals surface area contributed by atoms with Gasteiger partial charge in [-0.1, -0.05) is 0 Å². The summed E-state index contributed by atoms with van der Waals surface area (Å²) in [6, 6.07) is 3.39. The average molecular weight is 255 g/mol. The van der Waals surface area contributed by atoms with Crippen LogP contribution < -0.4 is 5.56 Å². The Balaban J connectivity index is 2.42. The minimum Gasteiger partial charge on any atom is -0.371 e. The van der Waals surface area contributed by atoms with Crippen LogP contribution in [0.5, 0.6) is 0 Å². The second-order valence-corrected chi connectivity index (χ2v) is 4.01. The summed E-state index contributed by atoms with van der Waals surface area (Å²) < 4.78 is 7.25. The summed E-state index contributed by atoms with van der Waals surface area (Å²) in [5.41, 5.74) is -0.105. The van der Waals surface area contributed by atoms with E-state index in [0.717, 1.165) is 4.47 Å². The molecule has 4 nitrogen and oxygen atoms in total. The molecule has 1 saturated heterocycles. The van der Waals surface area contributed by atoms with Gasteiger partial charge in [-0.15, -0.1) is 0 Å². The van der Waals surface area contributed by atoms with Crippen molar-refractivity contribution < 1.29 is 4.74 Å². The summed E-state index contributed by atoms with van der Waals surface area (Å²) in [5, 5.41) is 8.70. The van der Waals surface area contributed by atoms with Gasteiger partial charge in [-0.3, -0.25) is 4.79 Å². The smallest absolute Gasteiger partial charge is 0.268 e. The highest BCUT2D eigenvalue weighted by Gasteiger charge is 2.23. The summed E-state index contributed by atoms with van der Waals surface area (Å²) in [7, 11) is 0. The molecule has 1 atom stereocenters. The lowest BCUT2D eigenvalue weighted by Gasteiger charge is -2.03. The fourth-order valence-electron chi connectivity index (χ4n) is 1.21. The molecule has 0 spiro atoms. The van der Waals surface area contributed by atoms with E-state index in [-0.39, 0.29) is 17.2 Å². The summed E-state index contributed by atoms with van der Waals surface area (Å²) in [4.78, 5) is 11.6. The maximum atomic E-state index is 11.6. The van der Waals surface area contributed by atoms with Gasteiger partial charge in [0.05, 0.1) is 19.3 Å². The normalized spacial score (nSPS) is 19.0. The van der Waals surface area contributed by atoms with Crippen molar-refractivity contribution in [2.45, 2.75) is 12.6 Å². The van der Waals surface area contributed by atoms with Crippen molar-refractivity contribution >= 4 is 15.9 Å². The van der Waals surface area contributed by atoms with Gasteiger partial charge in [0, 0.05) is 10.7 Å². The van der Waals surface area contributed by atoms with Crippen LogP contribution in [0.4, 0.5) is 0 Å². The number of halogens is 1. The second kappa shape index (κ2) is 3.56. The lowest BCUT2D eigenvalue weighted by atomic mass is 10.3. The minimum absolute atomic E-state index is 0.133. The van der Waals surface area contributed by atoms with Crippen molar-refractivity contribution in [2.75, 3.05) is 6.61 Å². The lowest BCUT2D eigenvalue weighted by molar-refractivity contribution is 0.380. The number of epoxide rings is 1. The predicted octanol–water partition coefficient (Wildman–Crippen LogP) is 0.881. The zero-order valence-electron chi connectivity index (χ0n) is 7.24. The van der Waals surface area contributed by atoms with E-state index in [9.17, 15) is 4.79 Å². The molecule has 14 heavy (non-hydrogen) atoms. The second-order valence-electron chi connectivity index (χ2n) is 3.10. The SMILES string of the molecule is N#Cc1cc(Br)cn(C[C@H]2CO2)c1=O. The quantitative estimate of drug-likeness (QED) is 0.737. The van der Waals surface area contributed by atoms with Gasteiger partial charge in [0.25, 0.3) is 5.56 Å². The molecule has 2 heterocycles. The third-order valence-corrected chi connectivity index (χ3v) is 2.41. The van der Waals surface area contributed by atoms with Gasteiger partial charge in [0.1, 0.15) is 11.6 Å². The van der Waals surface area contributed by atoms with E-state index in [4.69, 9.17) is 10.00 Å². The van der Waals surface area contributed by atoms with Crippen LogP contribution in [0, 0.1) is 11.3 Å². The molecule has 0 unspecified atom stereocenters. The Hall–Kier alpha value is -1.12. The van der Waals surface area contributed by atoms with Crippen LogP contribution in [-0.2, 0) is 11.3 Å². The van der Waals surface area contributed by atoms with Crippen molar-refractivity contribution in [1.29, 1.82) is 5.26 Å². The molecule has 0 aliphatic carbocycles. The highest BCUT2D eigenvalue weighted by molar-refractivity contribution is 9.10. The zero-order valence-corrected chi connectivity index (χ0v) is 8.82. The first-order valence-electron chi connectivity index (χ1n) is 4.12. The van der Waals surface area contributed by atoms with Gasteiger partial charge in [-0.25, -0.2) is 0 Å². The molecule has 2 rings (SSSR count). The van der Waals surface area contributed by atoms with E-state index in [0.29, 0.717) is 13.2 Å². The Bertz CT molecular complexity index is 457. The Morgan fingerprint density at radius 1 is 1.79 bits per heavy atom. The van der Waals surface area contributed by atoms with Crippen molar-refractivity contribution in [1.82, 2.24) is 4.57 Å². The van der Waals surface area contributed by atoms with Gasteiger partial charge >= 0.3 is 0 Å². The maximum Gasteiger partial charge on any atom is 0.268 e. The van der Waals surface area contributed by atoms with E-state index in [2.05, 4.69) is 15.9 Å². The van der Waals surface area contributed by atoms with Gasteiger partial charge in [0.15, 0.2) is 0 Å². The van der Waals surface area contributed by atoms with Crippen molar-refractivity contribution in [3.63, 3.8) is 0 Å². The van der Waals surface area contributed by atoms with Gasteiger partial charge in [-0.2, -0.15) is 5.26 Å². The summed E-state index contributed by atoms with van der Waals surface area (Å²) in [6.07, 6.45) is 1.80. The Kier molecular flexibility index (Phi) is 2.40. The number of rotatable bonds is 2. The van der Waals surface area contributed by atoms with E-state index in [1.807, 2.05) is 6.07 Å². The highest BCUT2D eigenvalue weighted by Crippen LogP contribution is 2.13. The molecular weight excluding hydrogens is 248 g/mol. The molecule has 0 radical (unpaired) electrons. The molecule has 0 bridgehead atoms. The molecule has 1 fully saturated rings. The molecule has 1 aromatic heterocycles. The largest absolute Gasteiger partial charge is 0.371 e. The van der Waals surface area contributed by atoms with Crippen LogP contribution in [0.15, 0.2) is 21.5 Å². The first-order valence-corrected chi connectivity index (χ1v) is 4.91. The summed E-state index contributed by atoms with van der Waals surface area (Å²) >= 11 is 3.25. The van der Waals surface area contributed by atoms with Crippen LogP contribution in [-0.4, -0.2) is 17.3 Å². The minimum atomic E-state index is -0.258. The number of hydrogen-bond donors (Lipinski definition) is 0. The molecule has 72 valence electrons. The summed E-state index contributed by atoms with van der Waals surface area (Å²) in [5.74, 6) is 0. The van der Waals surface area contributed by atoms with Crippen molar-refractivity contribution in [3.8, 4) is 6.07 Å². The Labute approximate surface area is 88.9 Å². The molecule has 1 aliphatic heterocycles. The van der Waals surface area contributed by atoms with E-state index >= 15 is 0 Å². The maximum absolute atomic E-state index is 11.6. The number of aromatic nitrogens is 1. The number of pyridine rings is 1. The highest BCUT2D eigenvalue weighted by atomic mass is 79.9.